The Morgan fingerprint density at radius 2 is 1.86 bits per heavy atom. The van der Waals surface area contributed by atoms with E-state index in [1.807, 2.05) is 31.2 Å². The number of hydrogen-bond acceptors (Lipinski definition) is 3. The third kappa shape index (κ3) is 6.85. The number of rotatable bonds is 9. The Labute approximate surface area is 138 Å². The molecule has 22 heavy (non-hydrogen) atoms. The first-order valence-corrected chi connectivity index (χ1v) is 8.03. The van der Waals surface area contributed by atoms with Gasteiger partial charge >= 0.3 is 0 Å². The van der Waals surface area contributed by atoms with Gasteiger partial charge in [0, 0.05) is 23.2 Å². The average molecular weight is 369 g/mol. The van der Waals surface area contributed by atoms with Crippen LogP contribution in [-0.4, -0.2) is 24.1 Å². The Bertz CT molecular complexity index is 529. The summed E-state index contributed by atoms with van der Waals surface area (Å²) in [5, 5.41) is 2.47. The highest BCUT2D eigenvalue weighted by Gasteiger charge is 2.21. The van der Waals surface area contributed by atoms with Crippen LogP contribution in [0.3, 0.4) is 0 Å². The van der Waals surface area contributed by atoms with E-state index in [-0.39, 0.29) is 24.7 Å². The van der Waals surface area contributed by atoms with Gasteiger partial charge in [0.25, 0.3) is 0 Å². The lowest BCUT2D eigenvalue weighted by atomic mass is 9.94. The van der Waals surface area contributed by atoms with E-state index in [1.54, 1.807) is 0 Å². The number of nitrogens with one attached hydrogen (secondary N) is 1. The van der Waals surface area contributed by atoms with Crippen LogP contribution in [-0.2, 0) is 20.8 Å². The molecule has 1 rings (SSSR count). The molecule has 1 aromatic carbocycles. The molecule has 120 valence electrons. The van der Waals surface area contributed by atoms with E-state index in [4.69, 9.17) is 5.73 Å². The first-order chi connectivity index (χ1) is 10.4. The van der Waals surface area contributed by atoms with Crippen molar-refractivity contribution in [2.45, 2.75) is 32.6 Å². The fourth-order valence-electron chi connectivity index (χ4n) is 2.17. The van der Waals surface area contributed by atoms with Crippen molar-refractivity contribution in [2.24, 2.45) is 11.7 Å². The lowest BCUT2D eigenvalue weighted by Gasteiger charge is -2.15. The number of carbonyl (C=O) groups is 3. The van der Waals surface area contributed by atoms with E-state index in [0.29, 0.717) is 12.8 Å². The topological polar surface area (TPSA) is 89.3 Å². The zero-order valence-corrected chi connectivity index (χ0v) is 14.2. The van der Waals surface area contributed by atoms with Crippen molar-refractivity contribution in [3.63, 3.8) is 0 Å². The van der Waals surface area contributed by atoms with Crippen LogP contribution in [0.5, 0.6) is 0 Å². The quantitative estimate of drug-likeness (QED) is 0.698. The van der Waals surface area contributed by atoms with Gasteiger partial charge < -0.3 is 11.1 Å². The molecule has 5 nitrogen and oxygen atoms in total. The Balaban J connectivity index is 2.57. The maximum Gasteiger partial charge on any atom is 0.236 e. The molecular formula is C16H21BrN2O3. The van der Waals surface area contributed by atoms with E-state index in [9.17, 15) is 14.4 Å². The minimum atomic E-state index is -0.593. The van der Waals surface area contributed by atoms with Gasteiger partial charge in [-0.2, -0.15) is 0 Å². The summed E-state index contributed by atoms with van der Waals surface area (Å²) in [6, 6.07) is 7.52. The zero-order valence-electron chi connectivity index (χ0n) is 12.6. The first-order valence-electron chi connectivity index (χ1n) is 7.24. The lowest BCUT2D eigenvalue weighted by molar-refractivity contribution is -0.130. The number of hydrogen-bond donors (Lipinski definition) is 2. The molecule has 2 amide bonds. The fraction of sp³-hybridized carbons (Fsp3) is 0.438. The minimum absolute atomic E-state index is 0.00926. The summed E-state index contributed by atoms with van der Waals surface area (Å²) >= 11 is 3.34. The molecule has 1 aromatic rings. The van der Waals surface area contributed by atoms with Gasteiger partial charge in [-0.1, -0.05) is 41.4 Å². The van der Waals surface area contributed by atoms with E-state index in [2.05, 4.69) is 21.2 Å². The number of Topliss-reactive ketones (excluding diaryl/α,β-unsaturated/α-hetero) is 1. The number of primary amides is 1. The van der Waals surface area contributed by atoms with Gasteiger partial charge in [-0.15, -0.1) is 0 Å². The molecule has 3 N–H and O–H groups in total. The van der Waals surface area contributed by atoms with Crippen molar-refractivity contribution in [2.75, 3.05) is 6.54 Å². The van der Waals surface area contributed by atoms with Crippen molar-refractivity contribution < 1.29 is 14.4 Å². The second kappa shape index (κ2) is 9.35. The highest BCUT2D eigenvalue weighted by atomic mass is 79.9. The predicted molar refractivity (Wildman–Crippen MR) is 88.1 cm³/mol. The largest absolute Gasteiger partial charge is 0.368 e. The van der Waals surface area contributed by atoms with E-state index >= 15 is 0 Å². The molecular weight excluding hydrogens is 348 g/mol. The van der Waals surface area contributed by atoms with Gasteiger partial charge in [0.1, 0.15) is 5.78 Å². The number of amides is 2. The molecule has 0 heterocycles. The molecule has 0 radical (unpaired) electrons. The summed E-state index contributed by atoms with van der Waals surface area (Å²) in [6.45, 7) is 1.76. The summed E-state index contributed by atoms with van der Waals surface area (Å²) < 4.78 is 0.957. The molecule has 6 heteroatoms. The van der Waals surface area contributed by atoms with Crippen LogP contribution in [0.1, 0.15) is 31.7 Å². The Kier molecular flexibility index (Phi) is 7.80. The summed E-state index contributed by atoms with van der Waals surface area (Å²) in [5.74, 6) is -1.28. The molecule has 0 aliphatic carbocycles. The molecule has 1 atom stereocenters. The van der Waals surface area contributed by atoms with Crippen LogP contribution in [0, 0.1) is 5.92 Å². The molecule has 0 saturated heterocycles. The third-order valence-electron chi connectivity index (χ3n) is 3.23. The maximum atomic E-state index is 12.1. The van der Waals surface area contributed by atoms with Crippen molar-refractivity contribution in [1.82, 2.24) is 5.32 Å². The number of halogens is 1. The summed E-state index contributed by atoms with van der Waals surface area (Å²) in [4.78, 5) is 34.8. The predicted octanol–water partition coefficient (Wildman–Crippen LogP) is 1.97. The number of nitrogens with two attached hydrogens (primary N) is 1. The van der Waals surface area contributed by atoms with Gasteiger partial charge in [0.15, 0.2) is 0 Å². The van der Waals surface area contributed by atoms with E-state index in [1.165, 1.54) is 0 Å². The van der Waals surface area contributed by atoms with Crippen LogP contribution in [0.15, 0.2) is 28.7 Å². The molecule has 0 bridgehead atoms. The Morgan fingerprint density at radius 3 is 2.41 bits per heavy atom. The molecule has 0 saturated carbocycles. The molecule has 0 unspecified atom stereocenters. The van der Waals surface area contributed by atoms with Crippen molar-refractivity contribution >= 4 is 33.5 Å². The molecule has 0 aromatic heterocycles. The van der Waals surface area contributed by atoms with E-state index < -0.39 is 11.8 Å². The van der Waals surface area contributed by atoms with Crippen molar-refractivity contribution in [1.29, 1.82) is 0 Å². The summed E-state index contributed by atoms with van der Waals surface area (Å²) in [7, 11) is 0. The minimum Gasteiger partial charge on any atom is -0.368 e. The molecule has 0 aliphatic rings. The highest BCUT2D eigenvalue weighted by molar-refractivity contribution is 9.10. The van der Waals surface area contributed by atoms with Gasteiger partial charge in [-0.05, 0) is 24.1 Å². The zero-order chi connectivity index (χ0) is 16.5. The smallest absolute Gasteiger partial charge is 0.236 e. The first kappa shape index (κ1) is 18.4. The van der Waals surface area contributed by atoms with Gasteiger partial charge in [0.2, 0.25) is 11.8 Å². The Hall–Kier alpha value is -1.69. The standard InChI is InChI=1S/C16H21BrN2O3/c1-2-3-12(16(22)19-10-15(18)21)9-14(20)8-11-4-6-13(17)7-5-11/h4-7,12H,2-3,8-10H2,1H3,(H2,18,21)(H,19,22)/t12-/m1/s1. The van der Waals surface area contributed by atoms with Crippen LogP contribution >= 0.6 is 15.9 Å². The average Bonchev–Trinajstić information content (AvgIpc) is 2.46. The van der Waals surface area contributed by atoms with Gasteiger partial charge in [-0.25, -0.2) is 0 Å². The normalized spacial score (nSPS) is 11.7. The van der Waals surface area contributed by atoms with Crippen LogP contribution in [0.2, 0.25) is 0 Å². The number of benzene rings is 1. The van der Waals surface area contributed by atoms with Crippen LogP contribution < -0.4 is 11.1 Å². The highest BCUT2D eigenvalue weighted by Crippen LogP contribution is 2.16. The molecule has 0 fully saturated rings. The van der Waals surface area contributed by atoms with Gasteiger partial charge in [0.05, 0.1) is 6.54 Å². The number of ketones is 1. The van der Waals surface area contributed by atoms with Crippen LogP contribution in [0.4, 0.5) is 0 Å². The second-order valence-electron chi connectivity index (χ2n) is 5.22. The Morgan fingerprint density at radius 1 is 1.23 bits per heavy atom. The summed E-state index contributed by atoms with van der Waals surface area (Å²) in [6.07, 6.45) is 1.88. The maximum absolute atomic E-state index is 12.1. The monoisotopic (exact) mass is 368 g/mol. The fourth-order valence-corrected chi connectivity index (χ4v) is 2.43. The second-order valence-corrected chi connectivity index (χ2v) is 6.13. The molecule has 0 aliphatic heterocycles. The summed E-state index contributed by atoms with van der Waals surface area (Å²) in [5.41, 5.74) is 5.92. The van der Waals surface area contributed by atoms with Gasteiger partial charge in [-0.3, -0.25) is 14.4 Å². The molecule has 0 spiro atoms. The van der Waals surface area contributed by atoms with Crippen LogP contribution in [0.25, 0.3) is 0 Å². The van der Waals surface area contributed by atoms with Crippen molar-refractivity contribution in [3.8, 4) is 0 Å². The third-order valence-corrected chi connectivity index (χ3v) is 3.76. The van der Waals surface area contributed by atoms with E-state index in [0.717, 1.165) is 16.5 Å². The SMILES string of the molecule is CCC[C@H](CC(=O)Cc1ccc(Br)cc1)C(=O)NCC(N)=O. The number of carbonyl (C=O) groups excluding carboxylic acids is 3. The lowest BCUT2D eigenvalue weighted by Crippen LogP contribution is -2.38. The van der Waals surface area contributed by atoms with Crippen molar-refractivity contribution in [3.05, 3.63) is 34.3 Å².